The number of carbonyl (C=O) groups excluding carboxylic acids is 1. The Labute approximate surface area is 69.2 Å². The summed E-state index contributed by atoms with van der Waals surface area (Å²) in [5.74, 6) is 0.205. The second-order valence-electron chi connectivity index (χ2n) is 2.37. The first-order chi connectivity index (χ1) is 5.88. The van der Waals surface area contributed by atoms with Gasteiger partial charge in [0, 0.05) is 12.4 Å². The van der Waals surface area contributed by atoms with Gasteiger partial charge in [0.2, 0.25) is 0 Å². The first-order valence-electron chi connectivity index (χ1n) is 3.59. The lowest BCUT2D eigenvalue weighted by molar-refractivity contribution is 0.0933. The van der Waals surface area contributed by atoms with Crippen LogP contribution in [-0.2, 0) is 0 Å². The number of nitrogens with zero attached hydrogens (tertiary/aromatic N) is 1. The van der Waals surface area contributed by atoms with Gasteiger partial charge in [-0.1, -0.05) is 0 Å². The Morgan fingerprint density at radius 1 is 1.25 bits per heavy atom. The molecule has 0 aliphatic carbocycles. The molecule has 0 aliphatic rings. The molecule has 12 heavy (non-hydrogen) atoms. The second kappa shape index (κ2) is 2.70. The third-order valence-corrected chi connectivity index (χ3v) is 1.57. The van der Waals surface area contributed by atoms with Gasteiger partial charge in [-0.2, -0.15) is 0 Å². The van der Waals surface area contributed by atoms with Crippen LogP contribution in [0.1, 0.15) is 10.6 Å². The van der Waals surface area contributed by atoms with Crippen molar-refractivity contribution in [3.05, 3.63) is 48.7 Å². The molecule has 0 fully saturated rings. The molecule has 0 atom stereocenters. The van der Waals surface area contributed by atoms with Gasteiger partial charge in [0.05, 0.1) is 6.26 Å². The van der Waals surface area contributed by atoms with Crippen LogP contribution in [0.25, 0.3) is 0 Å². The van der Waals surface area contributed by atoms with Gasteiger partial charge in [-0.05, 0) is 24.3 Å². The largest absolute Gasteiger partial charge is 0.459 e. The normalized spacial score (nSPS) is 10.0. The zero-order valence-corrected chi connectivity index (χ0v) is 6.31. The number of aromatic nitrogens is 1. The van der Waals surface area contributed by atoms with Crippen LogP contribution in [0.3, 0.4) is 0 Å². The molecule has 2 heterocycles. The lowest BCUT2D eigenvalue weighted by Crippen LogP contribution is -2.07. The van der Waals surface area contributed by atoms with Crippen molar-refractivity contribution in [3.8, 4) is 0 Å². The maximum atomic E-state index is 11.4. The van der Waals surface area contributed by atoms with Crippen LogP contribution in [0.15, 0.2) is 47.3 Å². The Hall–Kier alpha value is -1.77. The zero-order valence-electron chi connectivity index (χ0n) is 6.31. The van der Waals surface area contributed by atoms with Crippen molar-refractivity contribution in [1.82, 2.24) is 4.57 Å². The van der Waals surface area contributed by atoms with E-state index in [1.165, 1.54) is 10.8 Å². The van der Waals surface area contributed by atoms with Gasteiger partial charge >= 0.3 is 0 Å². The highest BCUT2D eigenvalue weighted by atomic mass is 16.3. The quantitative estimate of drug-likeness (QED) is 0.638. The second-order valence-corrected chi connectivity index (χ2v) is 2.37. The van der Waals surface area contributed by atoms with Crippen LogP contribution in [0.4, 0.5) is 0 Å². The van der Waals surface area contributed by atoms with E-state index in [2.05, 4.69) is 0 Å². The summed E-state index contributed by atoms with van der Waals surface area (Å²) in [5, 5.41) is 0. The molecule has 0 spiro atoms. The summed E-state index contributed by atoms with van der Waals surface area (Å²) in [6.45, 7) is 0. The highest BCUT2D eigenvalue weighted by molar-refractivity contribution is 5.93. The molecule has 60 valence electrons. The summed E-state index contributed by atoms with van der Waals surface area (Å²) < 4.78 is 6.42. The Morgan fingerprint density at radius 3 is 2.58 bits per heavy atom. The summed E-state index contributed by atoms with van der Waals surface area (Å²) in [4.78, 5) is 11.4. The van der Waals surface area contributed by atoms with E-state index < -0.39 is 0 Å². The molecule has 3 nitrogen and oxygen atoms in total. The monoisotopic (exact) mass is 161 g/mol. The third-order valence-electron chi connectivity index (χ3n) is 1.57. The molecule has 2 aromatic rings. The number of hydrogen-bond acceptors (Lipinski definition) is 2. The van der Waals surface area contributed by atoms with Gasteiger partial charge < -0.3 is 4.42 Å². The fourth-order valence-electron chi connectivity index (χ4n) is 0.997. The van der Waals surface area contributed by atoms with Gasteiger partial charge in [0.25, 0.3) is 5.91 Å². The topological polar surface area (TPSA) is 35.1 Å². The van der Waals surface area contributed by atoms with E-state index in [0.29, 0.717) is 5.76 Å². The summed E-state index contributed by atoms with van der Waals surface area (Å²) in [6.07, 6.45) is 4.85. The lowest BCUT2D eigenvalue weighted by atomic mass is 10.4. The molecule has 0 aromatic carbocycles. The minimum Gasteiger partial charge on any atom is -0.459 e. The van der Waals surface area contributed by atoms with Crippen LogP contribution in [0, 0.1) is 0 Å². The maximum absolute atomic E-state index is 11.4. The molecule has 0 saturated heterocycles. The smallest absolute Gasteiger partial charge is 0.297 e. The average Bonchev–Trinajstić information content (AvgIpc) is 2.77. The van der Waals surface area contributed by atoms with Gasteiger partial charge in [-0.15, -0.1) is 0 Å². The van der Waals surface area contributed by atoms with Gasteiger partial charge in [0.15, 0.2) is 5.76 Å². The van der Waals surface area contributed by atoms with Crippen LogP contribution < -0.4 is 0 Å². The average molecular weight is 161 g/mol. The van der Waals surface area contributed by atoms with Crippen molar-refractivity contribution >= 4 is 5.91 Å². The number of furan rings is 1. The minimum atomic E-state index is -0.148. The molecule has 0 bridgehead atoms. The summed E-state index contributed by atoms with van der Waals surface area (Å²) in [5.41, 5.74) is 0. The Morgan fingerprint density at radius 2 is 2.00 bits per heavy atom. The molecular formula is C9H7NO2. The van der Waals surface area contributed by atoms with E-state index in [9.17, 15) is 4.79 Å². The Bertz CT molecular complexity index is 323. The SMILES string of the molecule is O=C(c1ccco1)n1cccc1. The van der Waals surface area contributed by atoms with E-state index in [4.69, 9.17) is 4.42 Å². The number of carbonyl (C=O) groups is 1. The van der Waals surface area contributed by atoms with Crippen molar-refractivity contribution in [2.24, 2.45) is 0 Å². The van der Waals surface area contributed by atoms with Crippen molar-refractivity contribution in [3.63, 3.8) is 0 Å². The Balaban J connectivity index is 2.34. The summed E-state index contributed by atoms with van der Waals surface area (Å²) >= 11 is 0. The number of rotatable bonds is 1. The molecule has 0 unspecified atom stereocenters. The standard InChI is InChI=1S/C9H7NO2/c11-9(8-4-3-7-12-8)10-5-1-2-6-10/h1-7H. The van der Waals surface area contributed by atoms with E-state index in [-0.39, 0.29) is 5.91 Å². The summed E-state index contributed by atoms with van der Waals surface area (Å²) in [6, 6.07) is 6.92. The molecular weight excluding hydrogens is 154 g/mol. The molecule has 0 N–H and O–H groups in total. The fourth-order valence-corrected chi connectivity index (χ4v) is 0.997. The summed E-state index contributed by atoms with van der Waals surface area (Å²) in [7, 11) is 0. The van der Waals surface area contributed by atoms with Crippen molar-refractivity contribution in [2.45, 2.75) is 0 Å². The van der Waals surface area contributed by atoms with Crippen molar-refractivity contribution in [1.29, 1.82) is 0 Å². The zero-order chi connectivity index (χ0) is 8.39. The molecule has 0 aliphatic heterocycles. The molecule has 3 heteroatoms. The van der Waals surface area contributed by atoms with E-state index in [1.54, 1.807) is 36.7 Å². The van der Waals surface area contributed by atoms with Crippen molar-refractivity contribution in [2.75, 3.05) is 0 Å². The molecule has 2 aromatic heterocycles. The first kappa shape index (κ1) is 6.91. The third kappa shape index (κ3) is 1.05. The van der Waals surface area contributed by atoms with E-state index in [0.717, 1.165) is 0 Å². The predicted octanol–water partition coefficient (Wildman–Crippen LogP) is 1.77. The molecule has 0 saturated carbocycles. The molecule has 0 amide bonds. The van der Waals surface area contributed by atoms with Crippen molar-refractivity contribution < 1.29 is 9.21 Å². The van der Waals surface area contributed by atoms with Gasteiger partial charge in [-0.25, -0.2) is 0 Å². The van der Waals surface area contributed by atoms with Crippen LogP contribution in [0.5, 0.6) is 0 Å². The number of hydrogen-bond donors (Lipinski definition) is 0. The van der Waals surface area contributed by atoms with Gasteiger partial charge in [-0.3, -0.25) is 9.36 Å². The molecule has 0 radical (unpaired) electrons. The molecule has 2 rings (SSSR count). The van der Waals surface area contributed by atoms with Crippen LogP contribution >= 0.6 is 0 Å². The Kier molecular flexibility index (Phi) is 1.55. The minimum absolute atomic E-state index is 0.148. The maximum Gasteiger partial charge on any atom is 0.297 e. The lowest BCUT2D eigenvalue weighted by Gasteiger charge is -1.95. The van der Waals surface area contributed by atoms with Crippen LogP contribution in [-0.4, -0.2) is 10.5 Å². The van der Waals surface area contributed by atoms with E-state index in [1.807, 2.05) is 0 Å². The predicted molar refractivity (Wildman–Crippen MR) is 42.9 cm³/mol. The highest BCUT2D eigenvalue weighted by Gasteiger charge is 2.08. The van der Waals surface area contributed by atoms with Gasteiger partial charge in [0.1, 0.15) is 0 Å². The first-order valence-corrected chi connectivity index (χ1v) is 3.59. The highest BCUT2D eigenvalue weighted by Crippen LogP contribution is 2.03. The van der Waals surface area contributed by atoms with Crippen LogP contribution in [0.2, 0.25) is 0 Å². The van der Waals surface area contributed by atoms with E-state index >= 15 is 0 Å². The fraction of sp³-hybridized carbons (Fsp3) is 0.